The number of aromatic nitrogens is 2. The molecule has 16 heavy (non-hydrogen) atoms. The van der Waals surface area contributed by atoms with Crippen molar-refractivity contribution in [2.45, 2.75) is 27.2 Å². The summed E-state index contributed by atoms with van der Waals surface area (Å²) in [4.78, 5) is 11.4. The fourth-order valence-corrected chi connectivity index (χ4v) is 1.71. The van der Waals surface area contributed by atoms with Gasteiger partial charge in [-0.25, -0.2) is 0 Å². The van der Waals surface area contributed by atoms with Crippen LogP contribution in [-0.4, -0.2) is 15.6 Å². The van der Waals surface area contributed by atoms with E-state index in [-0.39, 0.29) is 5.78 Å². The van der Waals surface area contributed by atoms with Crippen LogP contribution >= 0.6 is 11.6 Å². The lowest BCUT2D eigenvalue weighted by molar-refractivity contribution is -0.123. The van der Waals surface area contributed by atoms with Gasteiger partial charge < -0.3 is 0 Å². The first-order valence-electron chi connectivity index (χ1n) is 4.92. The van der Waals surface area contributed by atoms with Crippen molar-refractivity contribution >= 4 is 17.4 Å². The molecule has 0 aliphatic heterocycles. The zero-order chi connectivity index (χ0) is 12.5. The number of aryl methyl sites for hydroxylation is 2. The molecule has 0 aliphatic rings. The van der Waals surface area contributed by atoms with Gasteiger partial charge in [0.15, 0.2) is 0 Å². The Morgan fingerprint density at radius 3 is 2.56 bits per heavy atom. The van der Waals surface area contributed by atoms with Gasteiger partial charge in [0.25, 0.3) is 0 Å². The molecule has 0 aromatic carbocycles. The van der Waals surface area contributed by atoms with E-state index in [1.54, 1.807) is 18.7 Å². The Morgan fingerprint density at radius 2 is 2.25 bits per heavy atom. The van der Waals surface area contributed by atoms with Gasteiger partial charge in [-0.1, -0.05) is 11.6 Å². The molecule has 0 saturated heterocycles. The van der Waals surface area contributed by atoms with Crippen LogP contribution in [0.3, 0.4) is 0 Å². The molecule has 1 rings (SSSR count). The fraction of sp³-hybridized carbons (Fsp3) is 0.545. The molecule has 1 atom stereocenters. The van der Waals surface area contributed by atoms with Gasteiger partial charge >= 0.3 is 0 Å². The Balaban J connectivity index is 3.14. The second kappa shape index (κ2) is 4.26. The number of carbonyl (C=O) groups excluding carboxylic acids is 1. The van der Waals surface area contributed by atoms with Gasteiger partial charge in [-0.2, -0.15) is 10.4 Å². The van der Waals surface area contributed by atoms with Gasteiger partial charge in [-0.15, -0.1) is 0 Å². The summed E-state index contributed by atoms with van der Waals surface area (Å²) in [5.41, 5.74) is 0.496. The van der Waals surface area contributed by atoms with E-state index in [0.717, 1.165) is 11.3 Å². The Bertz CT molecular complexity index is 472. The number of rotatable bonds is 3. The summed E-state index contributed by atoms with van der Waals surface area (Å²) >= 11 is 6.06. The normalized spacial score (nSPS) is 14.2. The number of hydrogen-bond donors (Lipinski definition) is 0. The number of halogens is 1. The lowest BCUT2D eigenvalue weighted by Gasteiger charge is -2.17. The highest BCUT2D eigenvalue weighted by atomic mass is 35.5. The van der Waals surface area contributed by atoms with Crippen molar-refractivity contribution in [3.63, 3.8) is 0 Å². The maximum atomic E-state index is 11.4. The first kappa shape index (κ1) is 12.7. The van der Waals surface area contributed by atoms with E-state index in [1.165, 1.54) is 6.92 Å². The van der Waals surface area contributed by atoms with Crippen LogP contribution < -0.4 is 0 Å². The van der Waals surface area contributed by atoms with Crippen molar-refractivity contribution < 1.29 is 4.79 Å². The standard InChI is InChI=1S/C11H14ClN3O/c1-7-9(10(12)15(4)14-7)5-11(3,6-13)8(2)16/h5H2,1-4H3. The molecular formula is C11H14ClN3O. The maximum Gasteiger partial charge on any atom is 0.150 e. The zero-order valence-corrected chi connectivity index (χ0v) is 10.6. The maximum absolute atomic E-state index is 11.4. The monoisotopic (exact) mass is 239 g/mol. The van der Waals surface area contributed by atoms with Crippen LogP contribution in [0.4, 0.5) is 0 Å². The van der Waals surface area contributed by atoms with E-state index in [4.69, 9.17) is 16.9 Å². The smallest absolute Gasteiger partial charge is 0.150 e. The fourth-order valence-electron chi connectivity index (χ4n) is 1.47. The summed E-state index contributed by atoms with van der Waals surface area (Å²) in [5.74, 6) is -0.158. The second-order valence-corrected chi connectivity index (χ2v) is 4.51. The summed E-state index contributed by atoms with van der Waals surface area (Å²) in [6.07, 6.45) is 0.303. The third kappa shape index (κ3) is 2.10. The average molecular weight is 240 g/mol. The number of hydrogen-bond acceptors (Lipinski definition) is 3. The van der Waals surface area contributed by atoms with E-state index in [2.05, 4.69) is 5.10 Å². The van der Waals surface area contributed by atoms with Crippen LogP contribution in [0.2, 0.25) is 5.15 Å². The summed E-state index contributed by atoms with van der Waals surface area (Å²) < 4.78 is 1.55. The first-order chi connectivity index (χ1) is 7.31. The lowest BCUT2D eigenvalue weighted by atomic mass is 9.82. The van der Waals surface area contributed by atoms with Gasteiger partial charge in [0.2, 0.25) is 0 Å². The Hall–Kier alpha value is -1.34. The van der Waals surface area contributed by atoms with Crippen molar-refractivity contribution in [1.82, 2.24) is 9.78 Å². The number of carbonyl (C=O) groups is 1. The molecule has 0 spiro atoms. The number of nitriles is 1. The van der Waals surface area contributed by atoms with Crippen LogP contribution in [0.25, 0.3) is 0 Å². The Kier molecular flexibility index (Phi) is 3.39. The van der Waals surface area contributed by atoms with Crippen molar-refractivity contribution in [2.24, 2.45) is 12.5 Å². The summed E-state index contributed by atoms with van der Waals surface area (Å²) in [6, 6.07) is 2.04. The zero-order valence-electron chi connectivity index (χ0n) is 9.83. The van der Waals surface area contributed by atoms with E-state index in [1.807, 2.05) is 13.0 Å². The van der Waals surface area contributed by atoms with Crippen LogP contribution in [0, 0.1) is 23.7 Å². The first-order valence-corrected chi connectivity index (χ1v) is 5.30. The SMILES string of the molecule is CC(=O)C(C)(C#N)Cc1c(C)nn(C)c1Cl. The minimum Gasteiger partial charge on any atom is -0.298 e. The molecule has 0 radical (unpaired) electrons. The van der Waals surface area contributed by atoms with Gasteiger partial charge in [-0.05, 0) is 20.8 Å². The number of ketones is 1. The molecule has 0 saturated carbocycles. The summed E-state index contributed by atoms with van der Waals surface area (Å²) in [6.45, 7) is 4.86. The minimum atomic E-state index is -1.03. The summed E-state index contributed by atoms with van der Waals surface area (Å²) in [7, 11) is 1.73. The highest BCUT2D eigenvalue weighted by Gasteiger charge is 2.32. The highest BCUT2D eigenvalue weighted by Crippen LogP contribution is 2.28. The molecule has 0 bridgehead atoms. The van der Waals surface area contributed by atoms with E-state index in [9.17, 15) is 4.79 Å². The van der Waals surface area contributed by atoms with E-state index < -0.39 is 5.41 Å². The van der Waals surface area contributed by atoms with Gasteiger partial charge in [0.05, 0.1) is 11.8 Å². The molecule has 1 heterocycles. The minimum absolute atomic E-state index is 0.158. The second-order valence-electron chi connectivity index (χ2n) is 4.16. The van der Waals surface area contributed by atoms with Crippen LogP contribution in [-0.2, 0) is 18.3 Å². The van der Waals surface area contributed by atoms with Crippen LogP contribution in [0.5, 0.6) is 0 Å². The third-order valence-electron chi connectivity index (χ3n) is 2.82. The number of Topliss-reactive ketones (excluding diaryl/α,β-unsaturated/α-hetero) is 1. The van der Waals surface area contributed by atoms with Crippen molar-refractivity contribution in [1.29, 1.82) is 5.26 Å². The molecule has 4 nitrogen and oxygen atoms in total. The van der Waals surface area contributed by atoms with Crippen molar-refractivity contribution in [3.05, 3.63) is 16.4 Å². The quantitative estimate of drug-likeness (QED) is 0.811. The third-order valence-corrected chi connectivity index (χ3v) is 3.30. The molecular weight excluding hydrogens is 226 g/mol. The van der Waals surface area contributed by atoms with Gasteiger partial charge in [-0.3, -0.25) is 9.48 Å². The highest BCUT2D eigenvalue weighted by molar-refractivity contribution is 6.30. The van der Waals surface area contributed by atoms with Crippen LogP contribution in [0.15, 0.2) is 0 Å². The molecule has 1 aromatic rings. The van der Waals surface area contributed by atoms with Crippen molar-refractivity contribution in [2.75, 3.05) is 0 Å². The average Bonchev–Trinajstić information content (AvgIpc) is 2.44. The van der Waals surface area contributed by atoms with E-state index >= 15 is 0 Å². The molecule has 1 unspecified atom stereocenters. The van der Waals surface area contributed by atoms with E-state index in [0.29, 0.717) is 11.6 Å². The van der Waals surface area contributed by atoms with Gasteiger partial charge in [0.1, 0.15) is 16.4 Å². The Labute approximate surface area is 99.8 Å². The van der Waals surface area contributed by atoms with Crippen molar-refractivity contribution in [3.8, 4) is 6.07 Å². The predicted octanol–water partition coefficient (Wildman–Crippen LogP) is 2.04. The largest absolute Gasteiger partial charge is 0.298 e. The molecule has 0 aliphatic carbocycles. The molecule has 0 N–H and O–H groups in total. The van der Waals surface area contributed by atoms with Crippen LogP contribution in [0.1, 0.15) is 25.1 Å². The van der Waals surface area contributed by atoms with Gasteiger partial charge in [0, 0.05) is 19.0 Å². The molecule has 1 aromatic heterocycles. The molecule has 5 heteroatoms. The lowest BCUT2D eigenvalue weighted by Crippen LogP contribution is -2.26. The molecule has 0 fully saturated rings. The molecule has 86 valence electrons. The molecule has 0 amide bonds. The Morgan fingerprint density at radius 1 is 1.69 bits per heavy atom. The topological polar surface area (TPSA) is 58.7 Å². The number of nitrogens with zero attached hydrogens (tertiary/aromatic N) is 3. The predicted molar refractivity (Wildman–Crippen MR) is 61.1 cm³/mol. The summed E-state index contributed by atoms with van der Waals surface area (Å²) in [5, 5.41) is 13.7.